The number of hydrogen-bond acceptors (Lipinski definition) is 5. The Morgan fingerprint density at radius 3 is 2.31 bits per heavy atom. The number of carbonyl (C=O) groups excluding carboxylic acids is 2. The van der Waals surface area contributed by atoms with E-state index in [0.29, 0.717) is 16.9 Å². The minimum Gasteiger partial charge on any atom is -0.378 e. The third-order valence-electron chi connectivity index (χ3n) is 5.82. The fourth-order valence-corrected chi connectivity index (χ4v) is 3.94. The van der Waals surface area contributed by atoms with Crippen LogP contribution in [0.15, 0.2) is 94.5 Å². The second-order valence-corrected chi connectivity index (χ2v) is 9.21. The summed E-state index contributed by atoms with van der Waals surface area (Å²) in [7, 11) is 3.85. The Kier molecular flexibility index (Phi) is 8.43. The van der Waals surface area contributed by atoms with Crippen LogP contribution in [-0.4, -0.2) is 41.9 Å². The number of nitrogens with zero attached hydrogens (tertiary/aromatic N) is 3. The summed E-state index contributed by atoms with van der Waals surface area (Å²) in [6.45, 7) is 1.73. The highest BCUT2D eigenvalue weighted by molar-refractivity contribution is 6.34. The predicted molar refractivity (Wildman–Crippen MR) is 155 cm³/mol. The van der Waals surface area contributed by atoms with Gasteiger partial charge in [-0.15, -0.1) is 0 Å². The molecule has 39 heavy (non-hydrogen) atoms. The zero-order valence-electron chi connectivity index (χ0n) is 21.6. The van der Waals surface area contributed by atoms with E-state index in [1.54, 1.807) is 43.3 Å². The maximum absolute atomic E-state index is 13.1. The lowest BCUT2D eigenvalue weighted by atomic mass is 10.1. The lowest BCUT2D eigenvalue weighted by Crippen LogP contribution is -2.33. The van der Waals surface area contributed by atoms with E-state index >= 15 is 0 Å². The summed E-state index contributed by atoms with van der Waals surface area (Å²) in [5, 5.41) is 9.86. The SMILES string of the molecule is Cc1[nH]n(-c2ccccc2)c(=O)c1/C=N/NC(=O)/C(=C\c1ccc(N(C)C)cc1)NC(=O)c1ccccc1Cl. The molecule has 0 radical (unpaired) electrons. The van der Waals surface area contributed by atoms with Crippen LogP contribution in [0.5, 0.6) is 0 Å². The highest BCUT2D eigenvalue weighted by atomic mass is 35.5. The van der Waals surface area contributed by atoms with E-state index in [-0.39, 0.29) is 27.4 Å². The average molecular weight is 543 g/mol. The van der Waals surface area contributed by atoms with Crippen molar-refractivity contribution in [3.8, 4) is 5.69 Å². The third-order valence-corrected chi connectivity index (χ3v) is 6.15. The number of aryl methyl sites for hydroxylation is 1. The van der Waals surface area contributed by atoms with Crippen LogP contribution in [0.3, 0.4) is 0 Å². The number of hydrazone groups is 1. The van der Waals surface area contributed by atoms with Gasteiger partial charge in [0.2, 0.25) is 0 Å². The van der Waals surface area contributed by atoms with Gasteiger partial charge in [0.1, 0.15) is 5.70 Å². The van der Waals surface area contributed by atoms with E-state index in [0.717, 1.165) is 5.69 Å². The molecule has 0 atom stereocenters. The summed E-state index contributed by atoms with van der Waals surface area (Å²) in [5.41, 5.74) is 5.43. The van der Waals surface area contributed by atoms with Gasteiger partial charge in [-0.2, -0.15) is 5.10 Å². The van der Waals surface area contributed by atoms with Crippen LogP contribution in [0, 0.1) is 6.92 Å². The Bertz CT molecular complexity index is 1600. The molecule has 0 unspecified atom stereocenters. The van der Waals surface area contributed by atoms with E-state index < -0.39 is 11.8 Å². The van der Waals surface area contributed by atoms with Gasteiger partial charge in [0.05, 0.1) is 28.1 Å². The van der Waals surface area contributed by atoms with Crippen LogP contribution in [0.1, 0.15) is 27.2 Å². The van der Waals surface area contributed by atoms with Gasteiger partial charge in [0.15, 0.2) is 0 Å². The molecule has 4 rings (SSSR count). The number of aromatic nitrogens is 2. The van der Waals surface area contributed by atoms with Crippen molar-refractivity contribution in [3.63, 3.8) is 0 Å². The summed E-state index contributed by atoms with van der Waals surface area (Å²) in [5.74, 6) is -1.23. The van der Waals surface area contributed by atoms with Crippen LogP contribution in [-0.2, 0) is 4.79 Å². The van der Waals surface area contributed by atoms with E-state index in [4.69, 9.17) is 11.6 Å². The van der Waals surface area contributed by atoms with Gasteiger partial charge in [-0.1, -0.05) is 54.1 Å². The Morgan fingerprint density at radius 2 is 1.64 bits per heavy atom. The van der Waals surface area contributed by atoms with Crippen LogP contribution < -0.4 is 21.2 Å². The topological polar surface area (TPSA) is 112 Å². The number of halogens is 1. The number of rotatable bonds is 8. The normalized spacial score (nSPS) is 11.4. The number of nitrogens with one attached hydrogen (secondary N) is 3. The van der Waals surface area contributed by atoms with Gasteiger partial charge in [0, 0.05) is 25.5 Å². The van der Waals surface area contributed by atoms with Crippen LogP contribution in [0.2, 0.25) is 5.02 Å². The highest BCUT2D eigenvalue weighted by Gasteiger charge is 2.17. The van der Waals surface area contributed by atoms with Gasteiger partial charge >= 0.3 is 0 Å². The molecule has 1 heterocycles. The molecule has 0 aliphatic carbocycles. The van der Waals surface area contributed by atoms with Crippen molar-refractivity contribution in [2.45, 2.75) is 6.92 Å². The van der Waals surface area contributed by atoms with Crippen molar-refractivity contribution in [1.82, 2.24) is 20.5 Å². The maximum Gasteiger partial charge on any atom is 0.287 e. The minimum absolute atomic E-state index is 0.0536. The van der Waals surface area contributed by atoms with Crippen molar-refractivity contribution < 1.29 is 9.59 Å². The maximum atomic E-state index is 13.1. The van der Waals surface area contributed by atoms with Crippen molar-refractivity contribution in [2.24, 2.45) is 5.10 Å². The molecule has 0 spiro atoms. The number of para-hydroxylation sites is 1. The first-order valence-corrected chi connectivity index (χ1v) is 12.4. The standard InChI is InChI=1S/C29H27ClN6O3/c1-19-24(29(39)36(34-19)22-9-5-4-6-10-22)18-31-33-28(38)26(17-20-13-15-21(16-14-20)35(2)3)32-27(37)23-11-7-8-12-25(23)30/h4-18,34H,1-3H3,(H,32,37)(H,33,38)/b26-17+,31-18+. The number of aromatic amines is 1. The van der Waals surface area contributed by atoms with E-state index in [1.165, 1.54) is 17.0 Å². The first kappa shape index (κ1) is 27.2. The molecule has 10 heteroatoms. The quantitative estimate of drug-likeness (QED) is 0.177. The molecule has 3 aromatic carbocycles. The van der Waals surface area contributed by atoms with Gasteiger partial charge in [-0.3, -0.25) is 19.5 Å². The summed E-state index contributed by atoms with van der Waals surface area (Å²) < 4.78 is 1.39. The minimum atomic E-state index is -0.681. The highest BCUT2D eigenvalue weighted by Crippen LogP contribution is 2.17. The number of H-pyrrole nitrogens is 1. The Morgan fingerprint density at radius 1 is 0.974 bits per heavy atom. The molecule has 198 valence electrons. The number of amides is 2. The molecule has 2 amide bonds. The molecule has 1 aromatic heterocycles. The summed E-state index contributed by atoms with van der Waals surface area (Å²) in [6.07, 6.45) is 2.80. The molecule has 0 saturated carbocycles. The van der Waals surface area contributed by atoms with E-state index in [1.807, 2.05) is 61.5 Å². The van der Waals surface area contributed by atoms with E-state index in [2.05, 4.69) is 20.9 Å². The molecule has 3 N–H and O–H groups in total. The number of benzene rings is 3. The molecule has 0 fully saturated rings. The Hall–Kier alpha value is -4.89. The van der Waals surface area contributed by atoms with Crippen molar-refractivity contribution in [3.05, 3.63) is 122 Å². The van der Waals surface area contributed by atoms with Crippen LogP contribution in [0.25, 0.3) is 11.8 Å². The molecular weight excluding hydrogens is 516 g/mol. The van der Waals surface area contributed by atoms with E-state index in [9.17, 15) is 14.4 Å². The molecule has 0 aliphatic heterocycles. The monoisotopic (exact) mass is 542 g/mol. The smallest absolute Gasteiger partial charge is 0.287 e. The predicted octanol–water partition coefficient (Wildman–Crippen LogP) is 4.11. The fraction of sp³-hybridized carbons (Fsp3) is 0.103. The summed E-state index contributed by atoms with van der Waals surface area (Å²) in [6, 6.07) is 23.1. The summed E-state index contributed by atoms with van der Waals surface area (Å²) >= 11 is 6.17. The first-order chi connectivity index (χ1) is 18.7. The molecule has 9 nitrogen and oxygen atoms in total. The molecule has 0 aliphatic rings. The van der Waals surface area contributed by atoms with Crippen molar-refractivity contribution >= 4 is 41.4 Å². The third kappa shape index (κ3) is 6.52. The zero-order valence-corrected chi connectivity index (χ0v) is 22.4. The van der Waals surface area contributed by atoms with Gasteiger partial charge < -0.3 is 10.2 Å². The van der Waals surface area contributed by atoms with Crippen molar-refractivity contribution in [1.29, 1.82) is 0 Å². The molecular formula is C29H27ClN6O3. The zero-order chi connectivity index (χ0) is 27.9. The molecule has 4 aromatic rings. The number of anilines is 1. The van der Waals surface area contributed by atoms with Gasteiger partial charge in [0.25, 0.3) is 17.4 Å². The Balaban J connectivity index is 1.58. The van der Waals surface area contributed by atoms with Crippen molar-refractivity contribution in [2.75, 3.05) is 19.0 Å². The van der Waals surface area contributed by atoms with Crippen LogP contribution in [0.4, 0.5) is 5.69 Å². The van der Waals surface area contributed by atoms with Gasteiger partial charge in [-0.05, 0) is 55.0 Å². The first-order valence-electron chi connectivity index (χ1n) is 12.0. The average Bonchev–Trinajstić information content (AvgIpc) is 3.22. The molecule has 0 saturated heterocycles. The second kappa shape index (κ2) is 12.1. The lowest BCUT2D eigenvalue weighted by molar-refractivity contribution is -0.117. The molecule has 0 bridgehead atoms. The van der Waals surface area contributed by atoms with Crippen LogP contribution >= 0.6 is 11.6 Å². The lowest BCUT2D eigenvalue weighted by Gasteiger charge is -2.13. The number of hydrogen-bond donors (Lipinski definition) is 3. The largest absolute Gasteiger partial charge is 0.378 e. The number of carbonyl (C=O) groups is 2. The summed E-state index contributed by atoms with van der Waals surface area (Å²) in [4.78, 5) is 40.9. The second-order valence-electron chi connectivity index (χ2n) is 8.80. The Labute approximate surface area is 230 Å². The van der Waals surface area contributed by atoms with Gasteiger partial charge in [-0.25, -0.2) is 10.1 Å². The fourth-order valence-electron chi connectivity index (χ4n) is 3.71.